The first-order valence-corrected chi connectivity index (χ1v) is 6.96. The minimum absolute atomic E-state index is 0.254. The largest absolute Gasteiger partial charge is 0.435 e. The number of aromatic nitrogens is 3. The molecule has 0 aliphatic carbocycles. The van der Waals surface area contributed by atoms with Crippen LogP contribution in [-0.4, -0.2) is 44.6 Å². The van der Waals surface area contributed by atoms with Crippen LogP contribution in [0, 0.1) is 0 Å². The molecule has 1 saturated heterocycles. The lowest BCUT2D eigenvalue weighted by Gasteiger charge is -2.24. The van der Waals surface area contributed by atoms with Gasteiger partial charge in [-0.05, 0) is 40.0 Å². The zero-order valence-electron chi connectivity index (χ0n) is 12.3. The summed E-state index contributed by atoms with van der Waals surface area (Å²) in [6, 6.07) is 0. The highest BCUT2D eigenvalue weighted by Gasteiger charge is 2.19. The molecule has 1 amide bonds. The topological polar surface area (TPSA) is 69.5 Å². The maximum absolute atomic E-state index is 11.9. The third-order valence-electron chi connectivity index (χ3n) is 2.94. The van der Waals surface area contributed by atoms with Crippen LogP contribution in [0.3, 0.4) is 0 Å². The molecule has 0 atom stereocenters. The maximum atomic E-state index is 11.9. The molecular formula is C13H22N4O3. The lowest BCUT2D eigenvalue weighted by atomic mass is 10.1. The van der Waals surface area contributed by atoms with E-state index in [-0.39, 0.29) is 18.3 Å². The molecule has 1 aliphatic heterocycles. The summed E-state index contributed by atoms with van der Waals surface area (Å²) in [6.45, 7) is 7.65. The number of hydrogen-bond donors (Lipinski definition) is 0. The van der Waals surface area contributed by atoms with Crippen molar-refractivity contribution in [3.63, 3.8) is 0 Å². The Bertz CT molecular complexity index is 447. The Balaban J connectivity index is 1.84. The molecule has 1 aromatic rings. The maximum Gasteiger partial charge on any atom is 0.435 e. The highest BCUT2D eigenvalue weighted by Crippen LogP contribution is 2.10. The first-order chi connectivity index (χ1) is 9.44. The van der Waals surface area contributed by atoms with E-state index in [0.717, 1.165) is 30.8 Å². The molecule has 1 aliphatic rings. The molecular weight excluding hydrogens is 260 g/mol. The second kappa shape index (κ2) is 6.21. The molecule has 0 bridgehead atoms. The van der Waals surface area contributed by atoms with E-state index < -0.39 is 0 Å². The van der Waals surface area contributed by atoms with E-state index in [0.29, 0.717) is 5.82 Å². The summed E-state index contributed by atoms with van der Waals surface area (Å²) in [5.41, 5.74) is -0.254. The summed E-state index contributed by atoms with van der Waals surface area (Å²) in [5, 5.41) is 4.06. The van der Waals surface area contributed by atoms with Crippen LogP contribution in [0.4, 0.5) is 4.79 Å². The summed E-state index contributed by atoms with van der Waals surface area (Å²) in [6.07, 6.45) is 4.22. The van der Waals surface area contributed by atoms with Crippen molar-refractivity contribution in [2.75, 3.05) is 13.1 Å². The summed E-state index contributed by atoms with van der Waals surface area (Å²) in [5.74, 6) is 0.492. The number of carbonyl (C=O) groups excluding carboxylic acids is 1. The predicted octanol–water partition coefficient (Wildman–Crippen LogP) is 1.63. The minimum Gasteiger partial charge on any atom is -0.368 e. The number of piperidine rings is 1. The molecule has 2 rings (SSSR count). The molecule has 1 aromatic heterocycles. The molecule has 7 heteroatoms. The van der Waals surface area contributed by atoms with Crippen LogP contribution in [0.1, 0.15) is 45.9 Å². The van der Waals surface area contributed by atoms with Crippen LogP contribution >= 0.6 is 0 Å². The molecule has 0 saturated carbocycles. The van der Waals surface area contributed by atoms with Crippen molar-refractivity contribution in [2.45, 2.75) is 52.2 Å². The standard InChI is InChI=1S/C13H22N4O3/c1-13(2,3)19-9-11-14-10-17(15-11)20-12(18)16-7-5-4-6-8-16/h10H,4-9H2,1-3H3. The van der Waals surface area contributed by atoms with Gasteiger partial charge in [0, 0.05) is 13.1 Å². The Morgan fingerprint density at radius 3 is 2.65 bits per heavy atom. The van der Waals surface area contributed by atoms with Gasteiger partial charge >= 0.3 is 6.09 Å². The van der Waals surface area contributed by atoms with Gasteiger partial charge in [-0.15, -0.1) is 5.10 Å². The van der Waals surface area contributed by atoms with Gasteiger partial charge in [-0.1, -0.05) is 4.85 Å². The second-order valence-electron chi connectivity index (χ2n) is 5.87. The molecule has 0 aromatic carbocycles. The van der Waals surface area contributed by atoms with Gasteiger partial charge in [0.25, 0.3) is 0 Å². The molecule has 0 radical (unpaired) electrons. The smallest absolute Gasteiger partial charge is 0.368 e. The van der Waals surface area contributed by atoms with Gasteiger partial charge in [-0.2, -0.15) is 0 Å². The first-order valence-electron chi connectivity index (χ1n) is 6.96. The Hall–Kier alpha value is -1.63. The Morgan fingerprint density at radius 1 is 1.30 bits per heavy atom. The Kier molecular flexibility index (Phi) is 4.59. The van der Waals surface area contributed by atoms with Gasteiger partial charge < -0.3 is 9.64 Å². The summed E-state index contributed by atoms with van der Waals surface area (Å²) >= 11 is 0. The van der Waals surface area contributed by atoms with E-state index in [1.165, 1.54) is 12.7 Å². The lowest BCUT2D eigenvalue weighted by Crippen LogP contribution is -2.40. The fraction of sp³-hybridized carbons (Fsp3) is 0.769. The van der Waals surface area contributed by atoms with E-state index >= 15 is 0 Å². The van der Waals surface area contributed by atoms with Gasteiger partial charge in [-0.25, -0.2) is 9.78 Å². The normalized spacial score (nSPS) is 16.2. The minimum atomic E-state index is -0.377. The third kappa shape index (κ3) is 4.48. The summed E-state index contributed by atoms with van der Waals surface area (Å²) in [7, 11) is 0. The van der Waals surface area contributed by atoms with Crippen LogP contribution < -0.4 is 4.84 Å². The lowest BCUT2D eigenvalue weighted by molar-refractivity contribution is -0.0190. The fourth-order valence-corrected chi connectivity index (χ4v) is 1.89. The highest BCUT2D eigenvalue weighted by molar-refractivity contribution is 5.67. The number of hydrogen-bond acceptors (Lipinski definition) is 5. The SMILES string of the molecule is CC(C)(C)OCc1ncn(OC(=O)N2CCCCC2)n1. The number of carbonyl (C=O) groups is 1. The quantitative estimate of drug-likeness (QED) is 0.842. The van der Waals surface area contributed by atoms with E-state index in [1.54, 1.807) is 4.90 Å². The Morgan fingerprint density at radius 2 is 2.00 bits per heavy atom. The third-order valence-corrected chi connectivity index (χ3v) is 2.94. The van der Waals surface area contributed by atoms with Crippen molar-refractivity contribution >= 4 is 6.09 Å². The average Bonchev–Trinajstić information content (AvgIpc) is 2.84. The van der Waals surface area contributed by atoms with Crippen LogP contribution in [-0.2, 0) is 11.3 Å². The predicted molar refractivity (Wildman–Crippen MR) is 72.0 cm³/mol. The summed E-state index contributed by atoms with van der Waals surface area (Å²) in [4.78, 5) is 23.9. The molecule has 7 nitrogen and oxygen atoms in total. The van der Waals surface area contributed by atoms with Crippen molar-refractivity contribution in [2.24, 2.45) is 0 Å². The van der Waals surface area contributed by atoms with Crippen molar-refractivity contribution in [3.05, 3.63) is 12.2 Å². The fourth-order valence-electron chi connectivity index (χ4n) is 1.89. The molecule has 0 N–H and O–H groups in total. The van der Waals surface area contributed by atoms with Gasteiger partial charge in [0.15, 0.2) is 12.2 Å². The van der Waals surface area contributed by atoms with Crippen molar-refractivity contribution in [3.8, 4) is 0 Å². The molecule has 1 fully saturated rings. The second-order valence-corrected chi connectivity index (χ2v) is 5.87. The Labute approximate surface area is 118 Å². The number of ether oxygens (including phenoxy) is 1. The molecule has 20 heavy (non-hydrogen) atoms. The molecule has 0 spiro atoms. The monoisotopic (exact) mass is 282 g/mol. The van der Waals surface area contributed by atoms with Gasteiger partial charge in [-0.3, -0.25) is 4.84 Å². The number of rotatable bonds is 3. The van der Waals surface area contributed by atoms with Crippen LogP contribution in [0.25, 0.3) is 0 Å². The number of likely N-dealkylation sites (tertiary alicyclic amines) is 1. The van der Waals surface area contributed by atoms with Crippen LogP contribution in [0.5, 0.6) is 0 Å². The van der Waals surface area contributed by atoms with Crippen molar-refractivity contribution in [1.82, 2.24) is 19.8 Å². The van der Waals surface area contributed by atoms with Crippen LogP contribution in [0.15, 0.2) is 6.33 Å². The van der Waals surface area contributed by atoms with Crippen LogP contribution in [0.2, 0.25) is 0 Å². The van der Waals surface area contributed by atoms with Crippen molar-refractivity contribution in [1.29, 1.82) is 0 Å². The number of nitrogens with zero attached hydrogens (tertiary/aromatic N) is 4. The van der Waals surface area contributed by atoms with E-state index in [4.69, 9.17) is 9.57 Å². The van der Waals surface area contributed by atoms with Gasteiger partial charge in [0.1, 0.15) is 6.61 Å². The van der Waals surface area contributed by atoms with E-state index in [1.807, 2.05) is 20.8 Å². The zero-order chi connectivity index (χ0) is 14.6. The summed E-state index contributed by atoms with van der Waals surface area (Å²) < 4.78 is 5.56. The van der Waals surface area contributed by atoms with E-state index in [2.05, 4.69) is 10.1 Å². The van der Waals surface area contributed by atoms with Crippen molar-refractivity contribution < 1.29 is 14.4 Å². The molecule has 0 unspecified atom stereocenters. The first kappa shape index (κ1) is 14.8. The average molecular weight is 282 g/mol. The zero-order valence-corrected chi connectivity index (χ0v) is 12.3. The van der Waals surface area contributed by atoms with E-state index in [9.17, 15) is 4.79 Å². The molecule has 2 heterocycles. The van der Waals surface area contributed by atoms with Gasteiger partial charge in [0.2, 0.25) is 0 Å². The highest BCUT2D eigenvalue weighted by atomic mass is 16.7. The number of amides is 1. The molecule has 112 valence electrons. The van der Waals surface area contributed by atoms with Gasteiger partial charge in [0.05, 0.1) is 5.60 Å².